The predicted octanol–water partition coefficient (Wildman–Crippen LogP) is 1.19. The van der Waals surface area contributed by atoms with Gasteiger partial charge in [0.15, 0.2) is 0 Å². The van der Waals surface area contributed by atoms with Crippen molar-refractivity contribution in [1.82, 2.24) is 15.2 Å². The zero-order valence-electron chi connectivity index (χ0n) is 6.66. The molecule has 5 heteroatoms. The number of halogens is 1. The molecule has 2 rings (SSSR count). The zero-order chi connectivity index (χ0) is 9.26. The van der Waals surface area contributed by atoms with E-state index in [2.05, 4.69) is 15.2 Å². The van der Waals surface area contributed by atoms with Crippen LogP contribution in [0.5, 0.6) is 0 Å². The first-order valence-electron chi connectivity index (χ1n) is 3.68. The average molecular weight is 178 g/mol. The third-order valence-electron chi connectivity index (χ3n) is 1.68. The lowest BCUT2D eigenvalue weighted by molar-refractivity contribution is 0.584. The molecule has 0 aliphatic carbocycles. The quantitative estimate of drug-likeness (QED) is 0.644. The van der Waals surface area contributed by atoms with E-state index < -0.39 is 5.95 Å². The van der Waals surface area contributed by atoms with Gasteiger partial charge in [-0.1, -0.05) is 0 Å². The standard InChI is InChI=1S/C8H7FN4/c9-7-2-1-5(3-11-7)8-6(10)4-12-13-8/h1-4H,10H2,(H,12,13). The summed E-state index contributed by atoms with van der Waals surface area (Å²) in [6.45, 7) is 0. The Labute approximate surface area is 73.6 Å². The molecule has 2 aromatic heterocycles. The molecule has 3 N–H and O–H groups in total. The number of hydrogen-bond donors (Lipinski definition) is 2. The molecule has 2 aromatic rings. The van der Waals surface area contributed by atoms with Crippen LogP contribution in [0.4, 0.5) is 10.1 Å². The van der Waals surface area contributed by atoms with Crippen LogP contribution in [-0.4, -0.2) is 15.2 Å². The maximum Gasteiger partial charge on any atom is 0.212 e. The summed E-state index contributed by atoms with van der Waals surface area (Å²) in [6.07, 6.45) is 2.90. The minimum atomic E-state index is -0.512. The molecule has 0 atom stereocenters. The highest BCUT2D eigenvalue weighted by Crippen LogP contribution is 2.21. The number of nitrogens with two attached hydrogens (primary N) is 1. The molecule has 0 radical (unpaired) electrons. The van der Waals surface area contributed by atoms with Gasteiger partial charge in [-0.05, 0) is 12.1 Å². The van der Waals surface area contributed by atoms with Crippen molar-refractivity contribution in [2.45, 2.75) is 0 Å². The largest absolute Gasteiger partial charge is 0.396 e. The SMILES string of the molecule is Nc1cn[nH]c1-c1ccc(F)nc1. The smallest absolute Gasteiger partial charge is 0.212 e. The van der Waals surface area contributed by atoms with Crippen LogP contribution >= 0.6 is 0 Å². The van der Waals surface area contributed by atoms with Gasteiger partial charge in [-0.15, -0.1) is 0 Å². The topological polar surface area (TPSA) is 67.6 Å². The number of aromatic nitrogens is 3. The molecular weight excluding hydrogens is 171 g/mol. The van der Waals surface area contributed by atoms with E-state index in [4.69, 9.17) is 5.73 Å². The predicted molar refractivity (Wildman–Crippen MR) is 46.2 cm³/mol. The second-order valence-electron chi connectivity index (χ2n) is 2.57. The lowest BCUT2D eigenvalue weighted by Gasteiger charge is -1.97. The highest BCUT2D eigenvalue weighted by molar-refractivity contribution is 5.70. The van der Waals surface area contributed by atoms with Gasteiger partial charge in [-0.25, -0.2) is 4.98 Å². The van der Waals surface area contributed by atoms with E-state index >= 15 is 0 Å². The molecular formula is C8H7FN4. The van der Waals surface area contributed by atoms with Crippen LogP contribution in [0.25, 0.3) is 11.3 Å². The lowest BCUT2D eigenvalue weighted by atomic mass is 10.2. The van der Waals surface area contributed by atoms with Crippen LogP contribution in [0.15, 0.2) is 24.5 Å². The van der Waals surface area contributed by atoms with Gasteiger partial charge in [0.05, 0.1) is 17.6 Å². The summed E-state index contributed by atoms with van der Waals surface area (Å²) in [5.74, 6) is -0.512. The number of H-pyrrole nitrogens is 1. The number of hydrogen-bond acceptors (Lipinski definition) is 3. The molecule has 0 aliphatic heterocycles. The maximum absolute atomic E-state index is 12.5. The Morgan fingerprint density at radius 2 is 2.15 bits per heavy atom. The lowest BCUT2D eigenvalue weighted by Crippen LogP contribution is -1.88. The second kappa shape index (κ2) is 2.85. The molecule has 0 aliphatic rings. The summed E-state index contributed by atoms with van der Waals surface area (Å²) >= 11 is 0. The number of nitrogens with zero attached hydrogens (tertiary/aromatic N) is 2. The molecule has 13 heavy (non-hydrogen) atoms. The average Bonchev–Trinajstić information content (AvgIpc) is 2.53. The van der Waals surface area contributed by atoms with E-state index in [9.17, 15) is 4.39 Å². The summed E-state index contributed by atoms with van der Waals surface area (Å²) in [4.78, 5) is 3.51. The van der Waals surface area contributed by atoms with Crippen LogP contribution in [0, 0.1) is 5.95 Å². The van der Waals surface area contributed by atoms with Crippen molar-refractivity contribution < 1.29 is 4.39 Å². The van der Waals surface area contributed by atoms with Crippen LogP contribution in [0.1, 0.15) is 0 Å². The first kappa shape index (κ1) is 7.72. The Balaban J connectivity index is 2.47. The van der Waals surface area contributed by atoms with Crippen molar-refractivity contribution in [3.8, 4) is 11.3 Å². The first-order chi connectivity index (χ1) is 6.27. The highest BCUT2D eigenvalue weighted by atomic mass is 19.1. The number of pyridine rings is 1. The van der Waals surface area contributed by atoms with Gasteiger partial charge in [0.25, 0.3) is 0 Å². The first-order valence-corrected chi connectivity index (χ1v) is 3.68. The molecule has 66 valence electrons. The van der Waals surface area contributed by atoms with Crippen molar-refractivity contribution in [3.63, 3.8) is 0 Å². The van der Waals surface area contributed by atoms with Crippen LogP contribution in [-0.2, 0) is 0 Å². The molecule has 0 amide bonds. The Morgan fingerprint density at radius 1 is 1.31 bits per heavy atom. The Bertz CT molecular complexity index is 406. The van der Waals surface area contributed by atoms with Gasteiger partial charge in [0.2, 0.25) is 5.95 Å². The van der Waals surface area contributed by atoms with Crippen molar-refractivity contribution >= 4 is 5.69 Å². The molecule has 0 saturated heterocycles. The van der Waals surface area contributed by atoms with Crippen molar-refractivity contribution in [2.24, 2.45) is 0 Å². The fraction of sp³-hybridized carbons (Fsp3) is 0. The Kier molecular flexibility index (Phi) is 1.70. The summed E-state index contributed by atoms with van der Waals surface area (Å²) in [7, 11) is 0. The summed E-state index contributed by atoms with van der Waals surface area (Å²) in [5.41, 5.74) is 7.50. The Morgan fingerprint density at radius 3 is 2.69 bits per heavy atom. The van der Waals surface area contributed by atoms with Gasteiger partial charge < -0.3 is 5.73 Å². The van der Waals surface area contributed by atoms with E-state index in [1.807, 2.05) is 0 Å². The van der Waals surface area contributed by atoms with E-state index in [0.717, 1.165) is 5.56 Å². The van der Waals surface area contributed by atoms with Crippen molar-refractivity contribution in [1.29, 1.82) is 0 Å². The van der Waals surface area contributed by atoms with E-state index in [0.29, 0.717) is 11.4 Å². The normalized spacial score (nSPS) is 10.2. The number of nitrogens with one attached hydrogen (secondary N) is 1. The number of aromatic amines is 1. The van der Waals surface area contributed by atoms with E-state index in [1.165, 1.54) is 18.5 Å². The van der Waals surface area contributed by atoms with Crippen LogP contribution < -0.4 is 5.73 Å². The molecule has 4 nitrogen and oxygen atoms in total. The van der Waals surface area contributed by atoms with E-state index in [-0.39, 0.29) is 0 Å². The molecule has 0 spiro atoms. The van der Waals surface area contributed by atoms with Gasteiger partial charge in [-0.3, -0.25) is 5.10 Å². The minimum Gasteiger partial charge on any atom is -0.396 e. The fourth-order valence-corrected chi connectivity index (χ4v) is 1.05. The Hall–Kier alpha value is -1.91. The fourth-order valence-electron chi connectivity index (χ4n) is 1.05. The molecule has 0 saturated carbocycles. The van der Waals surface area contributed by atoms with Crippen LogP contribution in [0.3, 0.4) is 0 Å². The maximum atomic E-state index is 12.5. The third kappa shape index (κ3) is 1.35. The third-order valence-corrected chi connectivity index (χ3v) is 1.68. The summed E-state index contributed by atoms with van der Waals surface area (Å²) < 4.78 is 12.5. The monoisotopic (exact) mass is 178 g/mol. The number of anilines is 1. The molecule has 0 fully saturated rings. The zero-order valence-corrected chi connectivity index (χ0v) is 6.66. The number of nitrogen functional groups attached to an aromatic ring is 1. The molecule has 0 aromatic carbocycles. The van der Waals surface area contributed by atoms with Gasteiger partial charge >= 0.3 is 0 Å². The molecule has 0 unspecified atom stereocenters. The summed E-state index contributed by atoms with van der Waals surface area (Å²) in [6, 6.07) is 2.86. The van der Waals surface area contributed by atoms with Gasteiger partial charge in [-0.2, -0.15) is 9.49 Å². The van der Waals surface area contributed by atoms with Crippen molar-refractivity contribution in [3.05, 3.63) is 30.5 Å². The highest BCUT2D eigenvalue weighted by Gasteiger charge is 2.04. The minimum absolute atomic E-state index is 0.512. The van der Waals surface area contributed by atoms with Gasteiger partial charge in [0, 0.05) is 11.8 Å². The second-order valence-corrected chi connectivity index (χ2v) is 2.57. The molecule has 2 heterocycles. The van der Waals surface area contributed by atoms with Gasteiger partial charge in [0.1, 0.15) is 0 Å². The number of rotatable bonds is 1. The van der Waals surface area contributed by atoms with E-state index in [1.54, 1.807) is 6.07 Å². The summed E-state index contributed by atoms with van der Waals surface area (Å²) in [5, 5.41) is 6.45. The van der Waals surface area contributed by atoms with Crippen LogP contribution in [0.2, 0.25) is 0 Å². The van der Waals surface area contributed by atoms with Crippen molar-refractivity contribution in [2.75, 3.05) is 5.73 Å². The molecule has 0 bridgehead atoms.